The molecule has 0 aliphatic carbocycles. The lowest BCUT2D eigenvalue weighted by atomic mass is 9.96. The number of urea groups is 1. The van der Waals surface area contributed by atoms with Gasteiger partial charge in [0.2, 0.25) is 10.0 Å². The molecule has 6 nitrogen and oxygen atoms in total. The molecule has 2 saturated heterocycles. The fourth-order valence-electron chi connectivity index (χ4n) is 4.63. The number of nitrogens with one attached hydrogen (secondary N) is 1. The first-order valence-electron chi connectivity index (χ1n) is 10.6. The van der Waals surface area contributed by atoms with Crippen LogP contribution in [0, 0.1) is 5.92 Å². The number of sulfonamides is 1. The van der Waals surface area contributed by atoms with Crippen LogP contribution in [-0.4, -0.2) is 49.3 Å². The Morgan fingerprint density at radius 1 is 0.867 bits per heavy atom. The quantitative estimate of drug-likeness (QED) is 0.797. The molecule has 30 heavy (non-hydrogen) atoms. The highest BCUT2D eigenvalue weighted by molar-refractivity contribution is 7.88. The summed E-state index contributed by atoms with van der Waals surface area (Å²) in [6, 6.07) is 19.2. The molecule has 2 unspecified atom stereocenters. The van der Waals surface area contributed by atoms with Crippen molar-refractivity contribution in [1.82, 2.24) is 14.5 Å². The van der Waals surface area contributed by atoms with Crippen LogP contribution in [0.1, 0.15) is 30.4 Å². The minimum Gasteiger partial charge on any atom is -0.334 e. The van der Waals surface area contributed by atoms with Crippen molar-refractivity contribution in [2.45, 2.75) is 37.6 Å². The topological polar surface area (TPSA) is 69.7 Å². The Hall–Kier alpha value is -2.38. The van der Waals surface area contributed by atoms with Crippen molar-refractivity contribution in [2.24, 2.45) is 5.92 Å². The van der Waals surface area contributed by atoms with E-state index in [0.29, 0.717) is 32.0 Å². The molecular weight excluding hydrogens is 398 g/mol. The molecule has 2 atom stereocenters. The second-order valence-corrected chi connectivity index (χ2v) is 10.1. The first-order chi connectivity index (χ1) is 14.5. The van der Waals surface area contributed by atoms with E-state index in [0.717, 1.165) is 30.5 Å². The number of fused-ring (bicyclic) bond motifs is 1. The Morgan fingerprint density at radius 3 is 2.17 bits per heavy atom. The second kappa shape index (κ2) is 9.18. The average Bonchev–Trinajstić information content (AvgIpc) is 3.03. The van der Waals surface area contributed by atoms with Crippen molar-refractivity contribution in [3.8, 4) is 0 Å². The van der Waals surface area contributed by atoms with Crippen molar-refractivity contribution in [3.05, 3.63) is 71.8 Å². The third-order valence-electron chi connectivity index (χ3n) is 6.24. The number of carbonyl (C=O) groups is 1. The summed E-state index contributed by atoms with van der Waals surface area (Å²) in [5.41, 5.74) is 1.88. The summed E-state index contributed by atoms with van der Waals surface area (Å²) < 4.78 is 27.5. The van der Waals surface area contributed by atoms with Gasteiger partial charge in [0.25, 0.3) is 0 Å². The number of benzene rings is 2. The summed E-state index contributed by atoms with van der Waals surface area (Å²) in [5, 5.41) is 3.02. The summed E-state index contributed by atoms with van der Waals surface area (Å²) in [4.78, 5) is 14.7. The predicted octanol–water partition coefficient (Wildman–Crippen LogP) is 3.21. The zero-order valence-corrected chi connectivity index (χ0v) is 17.9. The van der Waals surface area contributed by atoms with Gasteiger partial charge in [-0.1, -0.05) is 60.7 Å². The minimum absolute atomic E-state index is 0.0322. The van der Waals surface area contributed by atoms with Crippen LogP contribution >= 0.6 is 0 Å². The van der Waals surface area contributed by atoms with Gasteiger partial charge in [-0.2, -0.15) is 0 Å². The standard InChI is InChI=1S/C23H29N3O3S/c27-23(24-17-19-7-3-1-4-8-19)26-16-12-21-11-14-25(15-13-22(21)26)30(28,29)18-20-9-5-2-6-10-20/h1-10,21-22H,11-18H2,(H,24,27). The van der Waals surface area contributed by atoms with E-state index >= 15 is 0 Å². The van der Waals surface area contributed by atoms with E-state index in [2.05, 4.69) is 5.32 Å². The van der Waals surface area contributed by atoms with Crippen LogP contribution in [0.2, 0.25) is 0 Å². The SMILES string of the molecule is O=C(NCc1ccccc1)N1CCC2CCN(S(=O)(=O)Cc3ccccc3)CCC21. The van der Waals surface area contributed by atoms with E-state index in [-0.39, 0.29) is 17.8 Å². The van der Waals surface area contributed by atoms with Crippen molar-refractivity contribution < 1.29 is 13.2 Å². The molecule has 2 heterocycles. The molecule has 1 N–H and O–H groups in total. The van der Waals surface area contributed by atoms with Crippen LogP contribution in [0.4, 0.5) is 4.79 Å². The van der Waals surface area contributed by atoms with E-state index < -0.39 is 10.0 Å². The smallest absolute Gasteiger partial charge is 0.317 e. The Morgan fingerprint density at radius 2 is 1.47 bits per heavy atom. The third kappa shape index (κ3) is 4.84. The molecule has 2 aromatic carbocycles. The van der Waals surface area contributed by atoms with Crippen LogP contribution in [0.25, 0.3) is 0 Å². The van der Waals surface area contributed by atoms with Crippen LogP contribution in [-0.2, 0) is 22.3 Å². The van der Waals surface area contributed by atoms with Gasteiger partial charge in [0.1, 0.15) is 0 Å². The molecule has 0 bridgehead atoms. The number of carbonyl (C=O) groups excluding carboxylic acids is 1. The molecular formula is C23H29N3O3S. The number of amides is 2. The second-order valence-electron chi connectivity index (χ2n) is 8.17. The van der Waals surface area contributed by atoms with Gasteiger partial charge in [0.15, 0.2) is 0 Å². The molecule has 4 rings (SSSR count). The van der Waals surface area contributed by atoms with E-state index in [9.17, 15) is 13.2 Å². The van der Waals surface area contributed by atoms with Gasteiger partial charge in [0.05, 0.1) is 5.75 Å². The van der Waals surface area contributed by atoms with E-state index in [1.54, 1.807) is 4.31 Å². The molecule has 7 heteroatoms. The van der Waals surface area contributed by atoms with E-state index in [1.165, 1.54) is 0 Å². The Labute approximate surface area is 178 Å². The van der Waals surface area contributed by atoms with Crippen molar-refractivity contribution in [2.75, 3.05) is 19.6 Å². The molecule has 160 valence electrons. The number of hydrogen-bond acceptors (Lipinski definition) is 3. The number of nitrogens with zero attached hydrogens (tertiary/aromatic N) is 2. The lowest BCUT2D eigenvalue weighted by molar-refractivity contribution is 0.182. The van der Waals surface area contributed by atoms with Gasteiger partial charge in [-0.15, -0.1) is 0 Å². The maximum atomic E-state index is 12.9. The van der Waals surface area contributed by atoms with Gasteiger partial charge >= 0.3 is 6.03 Å². The fraction of sp³-hybridized carbons (Fsp3) is 0.435. The van der Waals surface area contributed by atoms with Crippen LogP contribution in [0.15, 0.2) is 60.7 Å². The Kier molecular flexibility index (Phi) is 6.39. The minimum atomic E-state index is -3.36. The van der Waals surface area contributed by atoms with Crippen LogP contribution in [0.3, 0.4) is 0 Å². The summed E-state index contributed by atoms with van der Waals surface area (Å²) in [6.07, 6.45) is 2.44. The zero-order chi connectivity index (χ0) is 21.0. The number of likely N-dealkylation sites (tertiary alicyclic amines) is 1. The Balaban J connectivity index is 1.36. The number of hydrogen-bond donors (Lipinski definition) is 1. The average molecular weight is 428 g/mol. The van der Waals surface area contributed by atoms with Gasteiger partial charge in [0, 0.05) is 32.2 Å². The summed E-state index contributed by atoms with van der Waals surface area (Å²) in [7, 11) is -3.36. The zero-order valence-electron chi connectivity index (χ0n) is 17.1. The molecule has 2 aliphatic heterocycles. The van der Waals surface area contributed by atoms with Gasteiger partial charge in [-0.3, -0.25) is 0 Å². The third-order valence-corrected chi connectivity index (χ3v) is 8.09. The van der Waals surface area contributed by atoms with Gasteiger partial charge in [-0.05, 0) is 36.3 Å². The fourth-order valence-corrected chi connectivity index (χ4v) is 6.19. The number of rotatable bonds is 5. The summed E-state index contributed by atoms with van der Waals surface area (Å²) >= 11 is 0. The highest BCUT2D eigenvalue weighted by atomic mass is 32.2. The van der Waals surface area contributed by atoms with Crippen molar-refractivity contribution in [1.29, 1.82) is 0 Å². The summed E-state index contributed by atoms with van der Waals surface area (Å²) in [6.45, 7) is 2.26. The maximum absolute atomic E-state index is 12.9. The van der Waals surface area contributed by atoms with Gasteiger partial charge in [-0.25, -0.2) is 17.5 Å². The molecule has 2 amide bonds. The molecule has 2 fully saturated rings. The Bertz CT molecular complexity index is 950. The molecule has 2 aliphatic rings. The first-order valence-corrected chi connectivity index (χ1v) is 12.2. The molecule has 0 aromatic heterocycles. The van der Waals surface area contributed by atoms with E-state index in [4.69, 9.17) is 0 Å². The maximum Gasteiger partial charge on any atom is 0.317 e. The lowest BCUT2D eigenvalue weighted by Crippen LogP contribution is -2.44. The lowest BCUT2D eigenvalue weighted by Gasteiger charge is -2.27. The normalized spacial score (nSPS) is 22.3. The molecule has 0 radical (unpaired) electrons. The van der Waals surface area contributed by atoms with Crippen LogP contribution < -0.4 is 5.32 Å². The largest absolute Gasteiger partial charge is 0.334 e. The predicted molar refractivity (Wildman–Crippen MR) is 117 cm³/mol. The highest BCUT2D eigenvalue weighted by Crippen LogP contribution is 2.33. The van der Waals surface area contributed by atoms with Crippen LogP contribution in [0.5, 0.6) is 0 Å². The van der Waals surface area contributed by atoms with Crippen molar-refractivity contribution in [3.63, 3.8) is 0 Å². The molecule has 0 saturated carbocycles. The van der Waals surface area contributed by atoms with E-state index in [1.807, 2.05) is 65.6 Å². The van der Waals surface area contributed by atoms with Gasteiger partial charge < -0.3 is 10.2 Å². The highest BCUT2D eigenvalue weighted by Gasteiger charge is 2.40. The summed E-state index contributed by atoms with van der Waals surface area (Å²) in [5.74, 6) is 0.397. The molecule has 0 spiro atoms. The molecule has 2 aromatic rings. The monoisotopic (exact) mass is 427 g/mol. The first kappa shape index (κ1) is 20.9. The van der Waals surface area contributed by atoms with Crippen molar-refractivity contribution >= 4 is 16.1 Å².